The molecule has 140 valence electrons. The predicted molar refractivity (Wildman–Crippen MR) is 103 cm³/mol. The molecule has 2 aromatic carbocycles. The standard InChI is InChI=1S/C20H20N2O4S/c1-13(14-8-4-3-5-9-14)26-17(23)15-10-6-7-11-16(15)27-12-20(2)18(24)21-19(25)22-20/h3-11,13H,12H2,1-2H3,(H2,21,22,24,25)/t13-,20-/m1/s1. The Balaban J connectivity index is 1.71. The first-order valence-electron chi connectivity index (χ1n) is 8.50. The maximum atomic E-state index is 12.7. The predicted octanol–water partition coefficient (Wildman–Crippen LogP) is 3.29. The van der Waals surface area contributed by atoms with E-state index >= 15 is 0 Å². The number of carbonyl (C=O) groups is 3. The second-order valence-corrected chi connectivity index (χ2v) is 7.50. The quantitative estimate of drug-likeness (QED) is 0.454. The molecule has 1 aliphatic heterocycles. The smallest absolute Gasteiger partial charge is 0.339 e. The highest BCUT2D eigenvalue weighted by Crippen LogP contribution is 2.29. The number of hydrogen-bond donors (Lipinski definition) is 2. The molecule has 27 heavy (non-hydrogen) atoms. The highest BCUT2D eigenvalue weighted by molar-refractivity contribution is 7.99. The van der Waals surface area contributed by atoms with E-state index in [0.717, 1.165) is 5.56 Å². The summed E-state index contributed by atoms with van der Waals surface area (Å²) >= 11 is 1.32. The number of hydrogen-bond acceptors (Lipinski definition) is 5. The minimum absolute atomic E-state index is 0.295. The van der Waals surface area contributed by atoms with Crippen molar-refractivity contribution in [3.05, 3.63) is 65.7 Å². The van der Waals surface area contributed by atoms with Crippen LogP contribution >= 0.6 is 11.8 Å². The summed E-state index contributed by atoms with van der Waals surface area (Å²) in [5.41, 5.74) is 0.322. The molecule has 0 radical (unpaired) electrons. The van der Waals surface area contributed by atoms with Gasteiger partial charge < -0.3 is 10.1 Å². The van der Waals surface area contributed by atoms with Gasteiger partial charge >= 0.3 is 12.0 Å². The molecule has 3 rings (SSSR count). The van der Waals surface area contributed by atoms with Crippen LogP contribution in [0.3, 0.4) is 0 Å². The van der Waals surface area contributed by atoms with E-state index in [-0.39, 0.29) is 12.0 Å². The van der Waals surface area contributed by atoms with Crippen LogP contribution in [0.2, 0.25) is 0 Å². The van der Waals surface area contributed by atoms with Crippen LogP contribution < -0.4 is 10.6 Å². The molecule has 2 N–H and O–H groups in total. The van der Waals surface area contributed by atoms with Crippen LogP contribution in [0.25, 0.3) is 0 Å². The normalized spacial score (nSPS) is 19.9. The minimum atomic E-state index is -1.02. The zero-order valence-electron chi connectivity index (χ0n) is 15.0. The van der Waals surface area contributed by atoms with E-state index in [9.17, 15) is 14.4 Å². The zero-order valence-corrected chi connectivity index (χ0v) is 15.8. The first-order chi connectivity index (χ1) is 12.9. The van der Waals surface area contributed by atoms with Gasteiger partial charge in [0, 0.05) is 10.6 Å². The maximum absolute atomic E-state index is 12.7. The van der Waals surface area contributed by atoms with Crippen molar-refractivity contribution in [3.8, 4) is 0 Å². The van der Waals surface area contributed by atoms with Gasteiger partial charge in [-0.05, 0) is 31.5 Å². The van der Waals surface area contributed by atoms with Crippen molar-refractivity contribution in [2.45, 2.75) is 30.4 Å². The molecule has 6 nitrogen and oxygen atoms in total. The molecule has 2 atom stereocenters. The Bertz CT molecular complexity index is 871. The molecule has 0 bridgehead atoms. The number of imide groups is 1. The van der Waals surface area contributed by atoms with Crippen LogP contribution in [0, 0.1) is 0 Å². The fraction of sp³-hybridized carbons (Fsp3) is 0.250. The van der Waals surface area contributed by atoms with Crippen molar-refractivity contribution in [2.75, 3.05) is 5.75 Å². The van der Waals surface area contributed by atoms with Gasteiger partial charge in [0.2, 0.25) is 0 Å². The van der Waals surface area contributed by atoms with Crippen molar-refractivity contribution in [2.24, 2.45) is 0 Å². The second kappa shape index (κ2) is 7.84. The summed E-state index contributed by atoms with van der Waals surface area (Å²) in [4.78, 5) is 36.7. The summed E-state index contributed by atoms with van der Waals surface area (Å²) in [6.07, 6.45) is -0.380. The van der Waals surface area contributed by atoms with Gasteiger partial charge in [-0.2, -0.15) is 0 Å². The summed E-state index contributed by atoms with van der Waals surface area (Å²) in [5, 5.41) is 4.85. The number of urea groups is 1. The van der Waals surface area contributed by atoms with E-state index in [1.54, 1.807) is 25.1 Å². The molecule has 1 fully saturated rings. The lowest BCUT2D eigenvalue weighted by Gasteiger charge is -2.20. The highest BCUT2D eigenvalue weighted by Gasteiger charge is 2.42. The fourth-order valence-electron chi connectivity index (χ4n) is 2.68. The number of rotatable bonds is 6. The monoisotopic (exact) mass is 384 g/mol. The third-order valence-electron chi connectivity index (χ3n) is 4.29. The molecule has 1 saturated heterocycles. The molecule has 2 aromatic rings. The minimum Gasteiger partial charge on any atom is -0.454 e. The first kappa shape index (κ1) is 19.0. The van der Waals surface area contributed by atoms with E-state index in [4.69, 9.17) is 4.74 Å². The molecular weight excluding hydrogens is 364 g/mol. The summed E-state index contributed by atoms with van der Waals surface area (Å²) in [6.45, 7) is 3.47. The van der Waals surface area contributed by atoms with Crippen molar-refractivity contribution < 1.29 is 19.1 Å². The van der Waals surface area contributed by atoms with Crippen LogP contribution in [0.1, 0.15) is 35.9 Å². The summed E-state index contributed by atoms with van der Waals surface area (Å²) in [6, 6.07) is 16.1. The Morgan fingerprint density at radius 3 is 2.44 bits per heavy atom. The number of ether oxygens (including phenoxy) is 1. The first-order valence-corrected chi connectivity index (χ1v) is 9.49. The van der Waals surface area contributed by atoms with Gasteiger partial charge in [0.05, 0.1) is 5.56 Å². The van der Waals surface area contributed by atoms with Gasteiger partial charge in [-0.15, -0.1) is 11.8 Å². The zero-order chi connectivity index (χ0) is 19.4. The topological polar surface area (TPSA) is 84.5 Å². The number of carbonyl (C=O) groups excluding carboxylic acids is 3. The number of amides is 3. The maximum Gasteiger partial charge on any atom is 0.339 e. The van der Waals surface area contributed by atoms with Gasteiger partial charge in [0.25, 0.3) is 5.91 Å². The number of esters is 1. The van der Waals surface area contributed by atoms with Crippen molar-refractivity contribution in [3.63, 3.8) is 0 Å². The van der Waals surface area contributed by atoms with E-state index in [1.807, 2.05) is 43.3 Å². The van der Waals surface area contributed by atoms with E-state index in [0.29, 0.717) is 16.2 Å². The Morgan fingerprint density at radius 2 is 1.78 bits per heavy atom. The van der Waals surface area contributed by atoms with Crippen LogP contribution in [-0.4, -0.2) is 29.2 Å². The van der Waals surface area contributed by atoms with Crippen LogP contribution in [0.15, 0.2) is 59.5 Å². The molecule has 3 amide bonds. The summed E-state index contributed by atoms with van der Waals surface area (Å²) < 4.78 is 5.60. The van der Waals surface area contributed by atoms with E-state index in [1.165, 1.54) is 11.8 Å². The molecule has 0 unspecified atom stereocenters. The van der Waals surface area contributed by atoms with Crippen LogP contribution in [0.4, 0.5) is 4.79 Å². The molecule has 1 aliphatic rings. The molecule has 0 aliphatic carbocycles. The van der Waals surface area contributed by atoms with Crippen LogP contribution in [0.5, 0.6) is 0 Å². The molecule has 7 heteroatoms. The number of nitrogens with one attached hydrogen (secondary N) is 2. The van der Waals surface area contributed by atoms with Gasteiger partial charge in [0.1, 0.15) is 11.6 Å². The van der Waals surface area contributed by atoms with Gasteiger partial charge in [-0.1, -0.05) is 42.5 Å². The Kier molecular flexibility index (Phi) is 5.51. The lowest BCUT2D eigenvalue weighted by atomic mass is 10.1. The Morgan fingerprint density at radius 1 is 1.11 bits per heavy atom. The van der Waals surface area contributed by atoms with E-state index < -0.39 is 17.5 Å². The van der Waals surface area contributed by atoms with Crippen molar-refractivity contribution in [1.82, 2.24) is 10.6 Å². The largest absolute Gasteiger partial charge is 0.454 e. The highest BCUT2D eigenvalue weighted by atomic mass is 32.2. The molecule has 0 spiro atoms. The summed E-state index contributed by atoms with van der Waals surface area (Å²) in [5.74, 6) is -0.513. The average molecular weight is 384 g/mol. The summed E-state index contributed by atoms with van der Waals surface area (Å²) in [7, 11) is 0. The van der Waals surface area contributed by atoms with Crippen molar-refractivity contribution in [1.29, 1.82) is 0 Å². The molecule has 0 saturated carbocycles. The second-order valence-electron chi connectivity index (χ2n) is 6.48. The van der Waals surface area contributed by atoms with Gasteiger partial charge in [0.15, 0.2) is 0 Å². The lowest BCUT2D eigenvalue weighted by molar-refractivity contribution is -0.122. The third-order valence-corrected chi connectivity index (χ3v) is 5.68. The molecular formula is C20H20N2O4S. The third kappa shape index (κ3) is 4.31. The van der Waals surface area contributed by atoms with Crippen molar-refractivity contribution >= 4 is 29.7 Å². The molecule has 1 heterocycles. The Labute approximate surface area is 161 Å². The molecule has 0 aromatic heterocycles. The van der Waals surface area contributed by atoms with Gasteiger partial charge in [-0.25, -0.2) is 9.59 Å². The van der Waals surface area contributed by atoms with Gasteiger partial charge in [-0.3, -0.25) is 10.1 Å². The fourth-order valence-corrected chi connectivity index (χ4v) is 3.81. The van der Waals surface area contributed by atoms with Crippen LogP contribution in [-0.2, 0) is 9.53 Å². The average Bonchev–Trinajstić information content (AvgIpc) is 2.93. The van der Waals surface area contributed by atoms with E-state index in [2.05, 4.69) is 10.6 Å². The SMILES string of the molecule is C[C@@H](OC(=O)c1ccccc1SC[C@@]1(C)NC(=O)NC1=O)c1ccccc1. The number of thioether (sulfide) groups is 1. The lowest BCUT2D eigenvalue weighted by Crippen LogP contribution is -2.46. The number of benzene rings is 2. The Hall–Kier alpha value is -2.80.